The Bertz CT molecular complexity index is 1170. The van der Waals surface area contributed by atoms with Crippen LogP contribution in [-0.2, 0) is 20.0 Å². The summed E-state index contributed by atoms with van der Waals surface area (Å²) in [6.07, 6.45) is 2.10. The number of nitrogens with two attached hydrogens (primary N) is 1. The van der Waals surface area contributed by atoms with Crippen molar-refractivity contribution >= 4 is 23.8 Å². The van der Waals surface area contributed by atoms with Crippen LogP contribution in [0.25, 0.3) is 0 Å². The number of fused-ring (bicyclic) bond motifs is 1. The van der Waals surface area contributed by atoms with Gasteiger partial charge in [0.05, 0.1) is 17.7 Å². The third-order valence-corrected chi connectivity index (χ3v) is 8.41. The average molecular weight is 496 g/mol. The Morgan fingerprint density at radius 1 is 1.34 bits per heavy atom. The van der Waals surface area contributed by atoms with Crippen molar-refractivity contribution in [3.8, 4) is 6.07 Å². The summed E-state index contributed by atoms with van der Waals surface area (Å²) in [4.78, 5) is 28.2. The topological polar surface area (TPSA) is 141 Å². The summed E-state index contributed by atoms with van der Waals surface area (Å²) in [5.74, 6) is -0.414. The Morgan fingerprint density at radius 3 is 2.71 bits per heavy atom. The molecule has 0 bridgehead atoms. The maximum absolute atomic E-state index is 13.4. The van der Waals surface area contributed by atoms with Gasteiger partial charge in [0.25, 0.3) is 11.8 Å². The lowest BCUT2D eigenvalue weighted by Gasteiger charge is -2.32. The van der Waals surface area contributed by atoms with E-state index in [2.05, 4.69) is 20.8 Å². The fourth-order valence-electron chi connectivity index (χ4n) is 4.76. The number of carbonyl (C=O) groups excluding carboxylic acids is 2. The van der Waals surface area contributed by atoms with Gasteiger partial charge in [-0.1, -0.05) is 24.1 Å². The van der Waals surface area contributed by atoms with Crippen LogP contribution in [0, 0.1) is 11.3 Å². The molecule has 3 heterocycles. The molecule has 5 rings (SSSR count). The van der Waals surface area contributed by atoms with Crippen molar-refractivity contribution in [1.82, 2.24) is 24.3 Å². The predicted octanol–water partition coefficient (Wildman–Crippen LogP) is 0.405. The molecular formula is C24H29N7O3S. The number of nitrogens with zero attached hydrogens (tertiary/aromatic N) is 5. The third-order valence-electron chi connectivity index (χ3n) is 6.93. The highest BCUT2D eigenvalue weighted by atomic mass is 32.2. The standard InChI is InChI=1S/C24H29N7O3S/c1-29-21-17(20(28-29)22(33)27-11-16-4-2-15(10-25)3-5-16)6-9-30(23(21)34)14-24(7-8-24)35-31-12-18(26)19(32)13-31/h2-5,18-19,32H,6-9,11-14,26H2,1H3,(H,27,33)/t18-,19-/m0/s1. The molecule has 1 saturated heterocycles. The number of carbonyl (C=O) groups is 2. The molecule has 2 atom stereocenters. The lowest BCUT2D eigenvalue weighted by atomic mass is 10.0. The van der Waals surface area contributed by atoms with Crippen molar-refractivity contribution in [2.24, 2.45) is 12.8 Å². The Morgan fingerprint density at radius 2 is 2.09 bits per heavy atom. The number of aromatic nitrogens is 2. The van der Waals surface area contributed by atoms with E-state index in [0.717, 1.165) is 18.4 Å². The second-order valence-electron chi connectivity index (χ2n) is 9.62. The van der Waals surface area contributed by atoms with E-state index in [1.807, 2.05) is 4.90 Å². The van der Waals surface area contributed by atoms with Crippen LogP contribution in [0.3, 0.4) is 0 Å². The zero-order valence-corrected chi connectivity index (χ0v) is 20.4. The molecular weight excluding hydrogens is 466 g/mol. The van der Waals surface area contributed by atoms with Gasteiger partial charge in [-0.15, -0.1) is 0 Å². The van der Waals surface area contributed by atoms with Crippen molar-refractivity contribution in [2.75, 3.05) is 26.2 Å². The second kappa shape index (κ2) is 9.28. The molecule has 1 saturated carbocycles. The van der Waals surface area contributed by atoms with Crippen LogP contribution >= 0.6 is 11.9 Å². The van der Waals surface area contributed by atoms with Crippen LogP contribution in [0.1, 0.15) is 50.5 Å². The summed E-state index contributed by atoms with van der Waals surface area (Å²) in [6, 6.07) is 8.87. The van der Waals surface area contributed by atoms with Gasteiger partial charge in [0.15, 0.2) is 5.69 Å². The van der Waals surface area contributed by atoms with Crippen LogP contribution < -0.4 is 11.1 Å². The molecule has 11 heteroatoms. The molecule has 0 unspecified atom stereocenters. The number of nitrogens with one attached hydrogen (secondary N) is 1. The number of aliphatic hydroxyl groups is 1. The minimum Gasteiger partial charge on any atom is -0.390 e. The zero-order chi connectivity index (χ0) is 24.7. The molecule has 2 aromatic rings. The fraction of sp³-hybridized carbons (Fsp3) is 0.500. The zero-order valence-electron chi connectivity index (χ0n) is 19.6. The number of rotatable bonds is 7. The average Bonchev–Trinajstić information content (AvgIpc) is 3.40. The van der Waals surface area contributed by atoms with Crippen molar-refractivity contribution in [3.63, 3.8) is 0 Å². The molecule has 2 amide bonds. The molecule has 0 radical (unpaired) electrons. The number of aliphatic hydroxyl groups excluding tert-OH is 1. The van der Waals surface area contributed by atoms with Gasteiger partial charge < -0.3 is 21.1 Å². The summed E-state index contributed by atoms with van der Waals surface area (Å²) in [7, 11) is 1.70. The fourth-order valence-corrected chi connectivity index (χ4v) is 6.28. The van der Waals surface area contributed by atoms with E-state index in [9.17, 15) is 14.7 Å². The van der Waals surface area contributed by atoms with E-state index < -0.39 is 6.10 Å². The summed E-state index contributed by atoms with van der Waals surface area (Å²) in [5.41, 5.74) is 8.85. The van der Waals surface area contributed by atoms with Crippen LogP contribution in [0.2, 0.25) is 0 Å². The van der Waals surface area contributed by atoms with Crippen LogP contribution in [0.15, 0.2) is 24.3 Å². The van der Waals surface area contributed by atoms with Crippen LogP contribution in [0.5, 0.6) is 0 Å². The number of hydrogen-bond acceptors (Lipinski definition) is 8. The first-order valence-corrected chi connectivity index (χ1v) is 12.6. The Hall–Kier alpha value is -2.91. The first-order chi connectivity index (χ1) is 16.8. The van der Waals surface area contributed by atoms with Crippen molar-refractivity contribution < 1.29 is 14.7 Å². The molecule has 3 aliphatic rings. The number of β-amino-alcohol motifs (C(OH)–C–C–N with tert-alkyl or cyclic N) is 1. The van der Waals surface area contributed by atoms with Gasteiger partial charge in [-0.25, -0.2) is 4.31 Å². The lowest BCUT2D eigenvalue weighted by molar-refractivity contribution is 0.0725. The highest BCUT2D eigenvalue weighted by Gasteiger charge is 2.49. The molecule has 35 heavy (non-hydrogen) atoms. The third kappa shape index (κ3) is 4.79. The highest BCUT2D eigenvalue weighted by molar-refractivity contribution is 7.98. The van der Waals surface area contributed by atoms with E-state index in [1.165, 1.54) is 4.68 Å². The summed E-state index contributed by atoms with van der Waals surface area (Å²) < 4.78 is 3.61. The summed E-state index contributed by atoms with van der Waals surface area (Å²) in [6.45, 7) is 2.67. The molecule has 0 spiro atoms. The molecule has 1 aromatic carbocycles. The largest absolute Gasteiger partial charge is 0.390 e. The van der Waals surface area contributed by atoms with E-state index in [0.29, 0.717) is 61.7 Å². The quantitative estimate of drug-likeness (QED) is 0.469. The van der Waals surface area contributed by atoms with E-state index in [-0.39, 0.29) is 22.6 Å². The Kier molecular flexibility index (Phi) is 6.31. The van der Waals surface area contributed by atoms with Crippen molar-refractivity contribution in [1.29, 1.82) is 5.26 Å². The minimum absolute atomic E-state index is 0.0309. The summed E-state index contributed by atoms with van der Waals surface area (Å²) >= 11 is 1.72. The number of aryl methyl sites for hydroxylation is 1. The Labute approximate surface area is 208 Å². The number of benzene rings is 1. The second-order valence-corrected chi connectivity index (χ2v) is 11.2. The molecule has 4 N–H and O–H groups in total. The predicted molar refractivity (Wildman–Crippen MR) is 130 cm³/mol. The van der Waals surface area contributed by atoms with Crippen LogP contribution in [-0.4, -0.2) is 79.0 Å². The van der Waals surface area contributed by atoms with E-state index in [4.69, 9.17) is 11.0 Å². The minimum atomic E-state index is -0.506. The van der Waals surface area contributed by atoms with Gasteiger partial charge in [0.2, 0.25) is 0 Å². The molecule has 184 valence electrons. The number of hydrogen-bond donors (Lipinski definition) is 3. The monoisotopic (exact) mass is 495 g/mol. The van der Waals surface area contributed by atoms with Gasteiger partial charge in [0, 0.05) is 56.1 Å². The van der Waals surface area contributed by atoms with Gasteiger partial charge in [-0.3, -0.25) is 14.3 Å². The Balaban J connectivity index is 1.24. The number of amides is 2. The highest BCUT2D eigenvalue weighted by Crippen LogP contribution is 2.51. The molecule has 1 aliphatic carbocycles. The smallest absolute Gasteiger partial charge is 0.272 e. The molecule has 10 nitrogen and oxygen atoms in total. The maximum Gasteiger partial charge on any atom is 0.272 e. The molecule has 2 fully saturated rings. The van der Waals surface area contributed by atoms with E-state index in [1.54, 1.807) is 43.3 Å². The number of nitriles is 1. The first kappa shape index (κ1) is 23.8. The van der Waals surface area contributed by atoms with E-state index >= 15 is 0 Å². The van der Waals surface area contributed by atoms with Gasteiger partial charge >= 0.3 is 0 Å². The van der Waals surface area contributed by atoms with Gasteiger partial charge in [-0.2, -0.15) is 10.4 Å². The van der Waals surface area contributed by atoms with Gasteiger partial charge in [-0.05, 0) is 37.0 Å². The lowest BCUT2D eigenvalue weighted by Crippen LogP contribution is -2.43. The van der Waals surface area contributed by atoms with Crippen molar-refractivity contribution in [2.45, 2.75) is 42.7 Å². The summed E-state index contributed by atoms with van der Waals surface area (Å²) in [5, 5.41) is 26.1. The normalized spacial score (nSPS) is 23.1. The SMILES string of the molecule is Cn1nc(C(=O)NCc2ccc(C#N)cc2)c2c1C(=O)N(CC1(SN3C[C@H](N)[C@@H](O)C3)CC1)CC2. The first-order valence-electron chi connectivity index (χ1n) is 11.8. The molecule has 2 aliphatic heterocycles. The van der Waals surface area contributed by atoms with Crippen molar-refractivity contribution in [3.05, 3.63) is 52.3 Å². The van der Waals surface area contributed by atoms with Gasteiger partial charge in [0.1, 0.15) is 5.69 Å². The maximum atomic E-state index is 13.4. The molecule has 1 aromatic heterocycles. The van der Waals surface area contributed by atoms with Crippen LogP contribution in [0.4, 0.5) is 0 Å².